The van der Waals surface area contributed by atoms with E-state index in [1.54, 1.807) is 6.07 Å². The van der Waals surface area contributed by atoms with E-state index in [1.165, 1.54) is 0 Å². The molecule has 0 aliphatic heterocycles. The molecule has 0 radical (unpaired) electrons. The van der Waals surface area contributed by atoms with E-state index in [-0.39, 0.29) is 0 Å². The van der Waals surface area contributed by atoms with Gasteiger partial charge in [-0.3, -0.25) is 0 Å². The second kappa shape index (κ2) is 3.98. The minimum Gasteiger partial charge on any atom is -0.193 e. The maximum Gasteiger partial charge on any atom is 0.0937 e. The molecule has 11 heavy (non-hydrogen) atoms. The van der Waals surface area contributed by atoms with Crippen molar-refractivity contribution < 1.29 is 0 Å². The van der Waals surface area contributed by atoms with Gasteiger partial charge in [-0.2, -0.15) is 4.99 Å². The molecule has 0 aliphatic carbocycles. The average molecular weight is 249 g/mol. The average Bonchev–Trinajstić information content (AvgIpc) is 1.99. The fourth-order valence-corrected chi connectivity index (χ4v) is 1.25. The first-order chi connectivity index (χ1) is 5.25. The molecule has 0 aliphatic rings. The second-order valence-electron chi connectivity index (χ2n) is 1.78. The molecule has 1 aromatic rings. The van der Waals surface area contributed by atoms with Gasteiger partial charge in [0, 0.05) is 4.47 Å². The molecule has 0 spiro atoms. The first-order valence-electron chi connectivity index (χ1n) is 2.77. The van der Waals surface area contributed by atoms with E-state index >= 15 is 0 Å². The summed E-state index contributed by atoms with van der Waals surface area (Å²) in [5.74, 6) is 0. The van der Waals surface area contributed by atoms with Crippen LogP contribution in [-0.2, 0) is 0 Å². The van der Waals surface area contributed by atoms with Crippen molar-refractivity contribution >= 4 is 50.6 Å². The van der Waals surface area contributed by atoms with Gasteiger partial charge in [0.05, 0.1) is 15.9 Å². The van der Waals surface area contributed by atoms with Crippen LogP contribution in [0.25, 0.3) is 0 Å². The Morgan fingerprint density at radius 1 is 1.55 bits per heavy atom. The number of nitrogens with zero attached hydrogens (tertiary/aromatic N) is 1. The SMILES string of the molecule is S=C=Nc1cccc(Br)c1Cl. The zero-order valence-corrected chi connectivity index (χ0v) is 8.50. The molecule has 0 atom stereocenters. The lowest BCUT2D eigenvalue weighted by Crippen LogP contribution is -1.69. The van der Waals surface area contributed by atoms with Crippen LogP contribution in [0.2, 0.25) is 5.02 Å². The van der Waals surface area contributed by atoms with E-state index in [9.17, 15) is 0 Å². The second-order valence-corrected chi connectivity index (χ2v) is 3.19. The largest absolute Gasteiger partial charge is 0.193 e. The van der Waals surface area contributed by atoms with Crippen LogP contribution in [0.1, 0.15) is 0 Å². The van der Waals surface area contributed by atoms with Gasteiger partial charge in [0.2, 0.25) is 0 Å². The van der Waals surface area contributed by atoms with Gasteiger partial charge in [-0.25, -0.2) is 0 Å². The highest BCUT2D eigenvalue weighted by Gasteiger charge is 2.00. The van der Waals surface area contributed by atoms with Crippen LogP contribution in [0.4, 0.5) is 5.69 Å². The standard InChI is InChI=1S/C7H3BrClNS/c8-5-2-1-3-6(7(5)9)10-4-11/h1-3H. The lowest BCUT2D eigenvalue weighted by molar-refractivity contribution is 1.53. The van der Waals surface area contributed by atoms with E-state index in [4.69, 9.17) is 11.6 Å². The summed E-state index contributed by atoms with van der Waals surface area (Å²) in [5, 5.41) is 2.82. The van der Waals surface area contributed by atoms with Crippen molar-refractivity contribution in [1.29, 1.82) is 0 Å². The van der Waals surface area contributed by atoms with Crippen LogP contribution >= 0.6 is 39.7 Å². The predicted octanol–water partition coefficient (Wildman–Crippen LogP) is 3.84. The Bertz CT molecular complexity index is 320. The topological polar surface area (TPSA) is 12.4 Å². The van der Waals surface area contributed by atoms with Crippen LogP contribution in [-0.4, -0.2) is 5.16 Å². The van der Waals surface area contributed by atoms with Gasteiger partial charge in [0.15, 0.2) is 0 Å². The number of hydrogen-bond donors (Lipinski definition) is 0. The Kier molecular flexibility index (Phi) is 3.21. The molecule has 0 aromatic heterocycles. The zero-order valence-electron chi connectivity index (χ0n) is 5.34. The van der Waals surface area contributed by atoms with Gasteiger partial charge in [0.25, 0.3) is 0 Å². The summed E-state index contributed by atoms with van der Waals surface area (Å²) in [4.78, 5) is 3.77. The Morgan fingerprint density at radius 3 is 2.91 bits per heavy atom. The van der Waals surface area contributed by atoms with Crippen molar-refractivity contribution in [2.24, 2.45) is 4.99 Å². The fourth-order valence-electron chi connectivity index (χ4n) is 0.628. The highest BCUT2D eigenvalue weighted by atomic mass is 79.9. The van der Waals surface area contributed by atoms with E-state index < -0.39 is 0 Å². The van der Waals surface area contributed by atoms with Crippen molar-refractivity contribution in [2.45, 2.75) is 0 Å². The summed E-state index contributed by atoms with van der Waals surface area (Å²) in [6, 6.07) is 5.44. The lowest BCUT2D eigenvalue weighted by atomic mass is 10.3. The van der Waals surface area contributed by atoms with Gasteiger partial charge >= 0.3 is 0 Å². The minimum absolute atomic E-state index is 0.560. The number of aliphatic imine (C=N–C) groups is 1. The predicted molar refractivity (Wildman–Crippen MR) is 53.8 cm³/mol. The van der Waals surface area contributed by atoms with E-state index in [0.29, 0.717) is 10.7 Å². The Labute approximate surface area is 83.2 Å². The molecule has 0 fully saturated rings. The Morgan fingerprint density at radius 2 is 2.27 bits per heavy atom. The first-order valence-corrected chi connectivity index (χ1v) is 4.35. The summed E-state index contributed by atoms with van der Waals surface area (Å²) in [7, 11) is 0. The number of benzene rings is 1. The van der Waals surface area contributed by atoms with Crippen LogP contribution in [0, 0.1) is 0 Å². The summed E-state index contributed by atoms with van der Waals surface area (Å²) in [5.41, 5.74) is 0.635. The van der Waals surface area contributed by atoms with Gasteiger partial charge < -0.3 is 0 Å². The number of thiocarbonyl (C=S) groups is 1. The van der Waals surface area contributed by atoms with E-state index in [1.807, 2.05) is 12.1 Å². The molecule has 4 heteroatoms. The molecule has 0 N–H and O–H groups in total. The van der Waals surface area contributed by atoms with Crippen molar-refractivity contribution in [2.75, 3.05) is 0 Å². The molecule has 1 nitrogen and oxygen atoms in total. The number of hydrogen-bond acceptors (Lipinski definition) is 2. The van der Waals surface area contributed by atoms with E-state index in [2.05, 4.69) is 38.3 Å². The highest BCUT2D eigenvalue weighted by Crippen LogP contribution is 2.31. The van der Waals surface area contributed by atoms with Crippen molar-refractivity contribution in [3.63, 3.8) is 0 Å². The molecule has 1 aromatic carbocycles. The molecule has 0 saturated heterocycles. The molecule has 56 valence electrons. The zero-order chi connectivity index (χ0) is 8.27. The van der Waals surface area contributed by atoms with Crippen LogP contribution < -0.4 is 0 Å². The third kappa shape index (κ3) is 2.11. The quantitative estimate of drug-likeness (QED) is 0.543. The monoisotopic (exact) mass is 247 g/mol. The van der Waals surface area contributed by atoms with Crippen LogP contribution in [0.15, 0.2) is 27.7 Å². The van der Waals surface area contributed by atoms with Crippen molar-refractivity contribution in [1.82, 2.24) is 0 Å². The molecular weight excluding hydrogens is 246 g/mol. The lowest BCUT2D eigenvalue weighted by Gasteiger charge is -1.96. The molecule has 0 unspecified atom stereocenters. The number of halogens is 2. The van der Waals surface area contributed by atoms with Gasteiger partial charge in [-0.1, -0.05) is 17.7 Å². The maximum absolute atomic E-state index is 5.85. The maximum atomic E-state index is 5.85. The van der Waals surface area contributed by atoms with Gasteiger partial charge in [-0.05, 0) is 40.3 Å². The van der Waals surface area contributed by atoms with Gasteiger partial charge in [0.1, 0.15) is 0 Å². The third-order valence-corrected chi connectivity index (χ3v) is 2.47. The fraction of sp³-hybridized carbons (Fsp3) is 0. The van der Waals surface area contributed by atoms with Gasteiger partial charge in [-0.15, -0.1) is 0 Å². The van der Waals surface area contributed by atoms with Crippen molar-refractivity contribution in [3.05, 3.63) is 27.7 Å². The highest BCUT2D eigenvalue weighted by molar-refractivity contribution is 9.10. The molecule has 0 heterocycles. The first kappa shape index (κ1) is 8.88. The molecule has 1 rings (SSSR count). The molecular formula is C7H3BrClNS. The summed E-state index contributed by atoms with van der Waals surface area (Å²) in [6.07, 6.45) is 0. The van der Waals surface area contributed by atoms with Crippen LogP contribution in [0.3, 0.4) is 0 Å². The van der Waals surface area contributed by atoms with Crippen molar-refractivity contribution in [3.8, 4) is 0 Å². The minimum atomic E-state index is 0.560. The van der Waals surface area contributed by atoms with Crippen LogP contribution in [0.5, 0.6) is 0 Å². The molecule has 0 bridgehead atoms. The van der Waals surface area contributed by atoms with E-state index in [0.717, 1.165) is 4.47 Å². The summed E-state index contributed by atoms with van der Waals surface area (Å²) >= 11 is 13.6. The molecule has 0 amide bonds. The number of isothiocyanates is 1. The summed E-state index contributed by atoms with van der Waals surface area (Å²) in [6.45, 7) is 0. The molecule has 0 saturated carbocycles. The smallest absolute Gasteiger partial charge is 0.0937 e. The normalized spacial score (nSPS) is 8.91. The summed E-state index contributed by atoms with van der Waals surface area (Å²) < 4.78 is 0.811. The third-order valence-electron chi connectivity index (χ3n) is 1.10. The Balaban J connectivity index is 3.26. The number of rotatable bonds is 1. The Hall–Kier alpha value is -0.210.